The molecule has 0 bridgehead atoms. The molecule has 0 unspecified atom stereocenters. The molecule has 1 aromatic carbocycles. The first-order valence-electron chi connectivity index (χ1n) is 6.04. The van der Waals surface area contributed by atoms with Gasteiger partial charge in [-0.2, -0.15) is 0 Å². The van der Waals surface area contributed by atoms with E-state index in [1.807, 2.05) is 0 Å². The van der Waals surface area contributed by atoms with Crippen LogP contribution in [0.5, 0.6) is 0 Å². The highest BCUT2D eigenvalue weighted by molar-refractivity contribution is 5.80. The van der Waals surface area contributed by atoms with Crippen LogP contribution in [0.1, 0.15) is 24.9 Å². The van der Waals surface area contributed by atoms with Crippen molar-refractivity contribution in [2.75, 3.05) is 6.54 Å². The predicted octanol–water partition coefficient (Wildman–Crippen LogP) is 2.85. The van der Waals surface area contributed by atoms with E-state index < -0.39 is 0 Å². The van der Waals surface area contributed by atoms with Crippen LogP contribution in [-0.4, -0.2) is 11.1 Å². The molecule has 3 rings (SSSR count). The van der Waals surface area contributed by atoms with Crippen molar-refractivity contribution in [1.82, 2.24) is 9.88 Å². The van der Waals surface area contributed by atoms with E-state index in [-0.39, 0.29) is 0 Å². The predicted molar refractivity (Wildman–Crippen MR) is 67.4 cm³/mol. The molecule has 0 aliphatic carbocycles. The average molecular weight is 214 g/mol. The van der Waals surface area contributed by atoms with Crippen molar-refractivity contribution in [2.24, 2.45) is 13.0 Å². The Morgan fingerprint density at radius 1 is 1.31 bits per heavy atom. The highest BCUT2D eigenvalue weighted by atomic mass is 15.0. The van der Waals surface area contributed by atoms with Crippen molar-refractivity contribution < 1.29 is 0 Å². The van der Waals surface area contributed by atoms with Gasteiger partial charge in [0.15, 0.2) is 0 Å². The van der Waals surface area contributed by atoms with Crippen LogP contribution in [0.3, 0.4) is 0 Å². The van der Waals surface area contributed by atoms with E-state index in [1.54, 1.807) is 0 Å². The topological polar surface area (TPSA) is 17.0 Å². The van der Waals surface area contributed by atoms with E-state index in [9.17, 15) is 0 Å². The smallest absolute Gasteiger partial charge is 0.0477 e. The molecule has 1 saturated heterocycles. The molecule has 1 fully saturated rings. The van der Waals surface area contributed by atoms with Crippen LogP contribution in [0.15, 0.2) is 30.5 Å². The highest BCUT2D eigenvalue weighted by Crippen LogP contribution is 2.30. The molecule has 0 saturated carbocycles. The first-order chi connectivity index (χ1) is 7.75. The molecule has 2 heteroatoms. The Bertz CT molecular complexity index is 512. The van der Waals surface area contributed by atoms with Crippen LogP contribution >= 0.6 is 0 Å². The lowest BCUT2D eigenvalue weighted by molar-refractivity contribution is 0.504. The van der Waals surface area contributed by atoms with Crippen LogP contribution in [0.2, 0.25) is 0 Å². The zero-order chi connectivity index (χ0) is 11.1. The van der Waals surface area contributed by atoms with Gasteiger partial charge in [0.25, 0.3) is 0 Å². The zero-order valence-corrected chi connectivity index (χ0v) is 9.90. The number of benzene rings is 1. The highest BCUT2D eigenvalue weighted by Gasteiger charge is 2.24. The molecule has 2 aromatic rings. The minimum absolute atomic E-state index is 0.546. The SMILES string of the molecule is C[C@H]1CCN[C@@H]1c1ccc2c(ccn2C)c1. The normalized spacial score (nSPS) is 25.4. The number of hydrogen-bond acceptors (Lipinski definition) is 1. The van der Waals surface area contributed by atoms with Crippen molar-refractivity contribution in [2.45, 2.75) is 19.4 Å². The van der Waals surface area contributed by atoms with Gasteiger partial charge in [0.2, 0.25) is 0 Å². The molecule has 0 radical (unpaired) electrons. The van der Waals surface area contributed by atoms with Crippen LogP contribution in [0.4, 0.5) is 0 Å². The lowest BCUT2D eigenvalue weighted by Gasteiger charge is -2.16. The van der Waals surface area contributed by atoms with E-state index in [4.69, 9.17) is 0 Å². The van der Waals surface area contributed by atoms with Crippen molar-refractivity contribution in [3.05, 3.63) is 36.0 Å². The second-order valence-corrected chi connectivity index (χ2v) is 4.94. The Morgan fingerprint density at radius 3 is 2.94 bits per heavy atom. The van der Waals surface area contributed by atoms with Gasteiger partial charge in [0, 0.05) is 24.8 Å². The number of aryl methyl sites for hydroxylation is 1. The summed E-state index contributed by atoms with van der Waals surface area (Å²) >= 11 is 0. The largest absolute Gasteiger partial charge is 0.351 e. The van der Waals surface area contributed by atoms with Crippen molar-refractivity contribution in [3.63, 3.8) is 0 Å². The Kier molecular flexibility index (Phi) is 2.25. The molecular weight excluding hydrogens is 196 g/mol. The third-order valence-electron chi connectivity index (χ3n) is 3.80. The molecular formula is C14H18N2. The number of aromatic nitrogens is 1. The maximum absolute atomic E-state index is 3.59. The number of nitrogens with zero attached hydrogens (tertiary/aromatic N) is 1. The fourth-order valence-electron chi connectivity index (χ4n) is 2.77. The number of fused-ring (bicyclic) bond motifs is 1. The standard InChI is InChI=1S/C14H18N2/c1-10-5-7-15-14(10)12-3-4-13-11(9-12)6-8-16(13)2/h3-4,6,8-10,14-15H,5,7H2,1-2H3/t10-,14-/m0/s1. The lowest BCUT2D eigenvalue weighted by atomic mass is 9.95. The van der Waals surface area contributed by atoms with E-state index in [0.717, 1.165) is 12.5 Å². The molecule has 1 N–H and O–H groups in total. The summed E-state index contributed by atoms with van der Waals surface area (Å²) in [6.07, 6.45) is 3.41. The zero-order valence-electron chi connectivity index (χ0n) is 9.90. The van der Waals surface area contributed by atoms with Crippen molar-refractivity contribution >= 4 is 10.9 Å². The minimum Gasteiger partial charge on any atom is -0.351 e. The molecule has 2 atom stereocenters. The monoisotopic (exact) mass is 214 g/mol. The molecule has 2 nitrogen and oxygen atoms in total. The maximum atomic E-state index is 3.59. The molecule has 2 heterocycles. The van der Waals surface area contributed by atoms with E-state index in [0.29, 0.717) is 6.04 Å². The van der Waals surface area contributed by atoms with Gasteiger partial charge in [0.05, 0.1) is 0 Å². The fourth-order valence-corrected chi connectivity index (χ4v) is 2.77. The Hall–Kier alpha value is -1.28. The summed E-state index contributed by atoms with van der Waals surface area (Å²) in [5.41, 5.74) is 2.75. The second-order valence-electron chi connectivity index (χ2n) is 4.94. The van der Waals surface area contributed by atoms with Crippen LogP contribution in [-0.2, 0) is 7.05 Å². The van der Waals surface area contributed by atoms with Crippen LogP contribution in [0, 0.1) is 5.92 Å². The maximum Gasteiger partial charge on any atom is 0.0477 e. The first-order valence-corrected chi connectivity index (χ1v) is 6.04. The lowest BCUT2D eigenvalue weighted by Crippen LogP contribution is -2.16. The number of nitrogens with one attached hydrogen (secondary N) is 1. The van der Waals surface area contributed by atoms with E-state index in [1.165, 1.54) is 22.9 Å². The summed E-state index contributed by atoms with van der Waals surface area (Å²) in [6, 6.07) is 9.57. The Balaban J connectivity index is 2.04. The molecule has 1 aliphatic heterocycles. The molecule has 1 aromatic heterocycles. The quantitative estimate of drug-likeness (QED) is 0.772. The summed E-state index contributed by atoms with van der Waals surface area (Å²) < 4.78 is 2.17. The van der Waals surface area contributed by atoms with Gasteiger partial charge in [0.1, 0.15) is 0 Å². The molecule has 1 aliphatic rings. The van der Waals surface area contributed by atoms with Gasteiger partial charge < -0.3 is 9.88 Å². The molecule has 0 amide bonds. The molecule has 0 spiro atoms. The minimum atomic E-state index is 0.546. The molecule has 84 valence electrons. The van der Waals surface area contributed by atoms with Gasteiger partial charge in [-0.3, -0.25) is 0 Å². The average Bonchev–Trinajstić information content (AvgIpc) is 2.86. The van der Waals surface area contributed by atoms with Gasteiger partial charge in [-0.15, -0.1) is 0 Å². The second kappa shape index (κ2) is 3.63. The Morgan fingerprint density at radius 2 is 2.19 bits per heavy atom. The summed E-state index contributed by atoms with van der Waals surface area (Å²) in [7, 11) is 2.10. The summed E-state index contributed by atoms with van der Waals surface area (Å²) in [6.45, 7) is 3.48. The van der Waals surface area contributed by atoms with Crippen LogP contribution < -0.4 is 5.32 Å². The third-order valence-corrected chi connectivity index (χ3v) is 3.80. The van der Waals surface area contributed by atoms with Gasteiger partial charge in [-0.1, -0.05) is 13.0 Å². The van der Waals surface area contributed by atoms with Crippen LogP contribution in [0.25, 0.3) is 10.9 Å². The van der Waals surface area contributed by atoms with E-state index in [2.05, 4.69) is 54.3 Å². The summed E-state index contributed by atoms with van der Waals surface area (Å²) in [5.74, 6) is 0.751. The van der Waals surface area contributed by atoms with E-state index >= 15 is 0 Å². The first kappa shape index (κ1) is 9.91. The third kappa shape index (κ3) is 1.45. The van der Waals surface area contributed by atoms with Gasteiger partial charge >= 0.3 is 0 Å². The fraction of sp³-hybridized carbons (Fsp3) is 0.429. The van der Waals surface area contributed by atoms with Gasteiger partial charge in [-0.05, 0) is 48.0 Å². The van der Waals surface area contributed by atoms with Crippen molar-refractivity contribution in [3.8, 4) is 0 Å². The number of hydrogen-bond donors (Lipinski definition) is 1. The summed E-state index contributed by atoms with van der Waals surface area (Å²) in [4.78, 5) is 0. The number of rotatable bonds is 1. The van der Waals surface area contributed by atoms with Gasteiger partial charge in [-0.25, -0.2) is 0 Å². The summed E-state index contributed by atoms with van der Waals surface area (Å²) in [5, 5.41) is 4.94. The molecule has 16 heavy (non-hydrogen) atoms. The van der Waals surface area contributed by atoms with Crippen molar-refractivity contribution in [1.29, 1.82) is 0 Å². The Labute approximate surface area is 96.3 Å².